The van der Waals surface area contributed by atoms with Crippen LogP contribution in [0, 0.1) is 0 Å². The molecule has 1 fully saturated rings. The first kappa shape index (κ1) is 17.3. The molecule has 23 heavy (non-hydrogen) atoms. The minimum Gasteiger partial charge on any atom is -0.272 e. The van der Waals surface area contributed by atoms with E-state index in [0.29, 0.717) is 13.0 Å². The highest BCUT2D eigenvalue weighted by Gasteiger charge is 2.30. The lowest BCUT2D eigenvalue weighted by Gasteiger charge is -2.25. The van der Waals surface area contributed by atoms with E-state index in [2.05, 4.69) is 0 Å². The molecule has 0 saturated carbocycles. The van der Waals surface area contributed by atoms with E-state index >= 15 is 0 Å². The van der Waals surface area contributed by atoms with Gasteiger partial charge < -0.3 is 0 Å². The van der Waals surface area contributed by atoms with Crippen molar-refractivity contribution < 1.29 is 24.0 Å². The van der Waals surface area contributed by atoms with Crippen molar-refractivity contribution in [1.82, 2.24) is 9.96 Å². The van der Waals surface area contributed by atoms with E-state index in [1.807, 2.05) is 6.92 Å². The molecule has 1 atom stereocenters. The summed E-state index contributed by atoms with van der Waals surface area (Å²) >= 11 is 0. The van der Waals surface area contributed by atoms with Gasteiger partial charge in [-0.2, -0.15) is 5.06 Å². The Hall–Kier alpha value is -2.02. The van der Waals surface area contributed by atoms with E-state index in [1.165, 1.54) is 17.1 Å². The van der Waals surface area contributed by atoms with Crippen LogP contribution in [-0.4, -0.2) is 46.2 Å². The number of nitrogens with zero attached hydrogens (tertiary/aromatic N) is 2. The summed E-state index contributed by atoms with van der Waals surface area (Å²) in [5.74, 6) is -1.04. The molecule has 0 aromatic carbocycles. The summed E-state index contributed by atoms with van der Waals surface area (Å²) in [6.45, 7) is 2.27. The summed E-state index contributed by atoms with van der Waals surface area (Å²) < 4.78 is 0. The molecule has 7 heteroatoms. The second kappa shape index (κ2) is 8.01. The first-order chi connectivity index (χ1) is 11.0. The van der Waals surface area contributed by atoms with E-state index in [1.54, 1.807) is 0 Å². The molecule has 1 unspecified atom stereocenters. The van der Waals surface area contributed by atoms with E-state index in [4.69, 9.17) is 4.84 Å². The molecule has 0 bridgehead atoms. The van der Waals surface area contributed by atoms with Crippen molar-refractivity contribution in [3.05, 3.63) is 12.2 Å². The van der Waals surface area contributed by atoms with E-state index in [-0.39, 0.29) is 42.5 Å². The number of carbonyl (C=O) groups excluding carboxylic acids is 4. The fourth-order valence-electron chi connectivity index (χ4n) is 2.80. The lowest BCUT2D eigenvalue weighted by atomic mass is 10.0. The third kappa shape index (κ3) is 4.25. The standard InChI is InChI=1S/C16H22N2O5/c1-2-12(17-13(19)7-8-14(17)20)6-4-3-5-11-23-18-15(21)9-10-16(18)22/h7-8,12H,2-6,9-11H2,1H3. The van der Waals surface area contributed by atoms with Crippen molar-refractivity contribution in [3.63, 3.8) is 0 Å². The molecule has 2 heterocycles. The average molecular weight is 322 g/mol. The molecule has 2 aliphatic rings. The lowest BCUT2D eigenvalue weighted by Crippen LogP contribution is -2.39. The zero-order valence-electron chi connectivity index (χ0n) is 13.3. The Bertz CT molecular complexity index is 495. The second-order valence-electron chi connectivity index (χ2n) is 5.71. The zero-order chi connectivity index (χ0) is 16.8. The van der Waals surface area contributed by atoms with Gasteiger partial charge in [0.2, 0.25) is 0 Å². The van der Waals surface area contributed by atoms with Crippen LogP contribution in [0.3, 0.4) is 0 Å². The maximum absolute atomic E-state index is 11.7. The topological polar surface area (TPSA) is 84.0 Å². The Kier molecular flexibility index (Phi) is 6.04. The highest BCUT2D eigenvalue weighted by Crippen LogP contribution is 2.18. The maximum Gasteiger partial charge on any atom is 0.253 e. The molecule has 126 valence electrons. The van der Waals surface area contributed by atoms with Crippen molar-refractivity contribution in [2.75, 3.05) is 6.61 Å². The fraction of sp³-hybridized carbons (Fsp3) is 0.625. The van der Waals surface area contributed by atoms with Gasteiger partial charge in [-0.1, -0.05) is 19.8 Å². The van der Waals surface area contributed by atoms with Crippen LogP contribution in [0.4, 0.5) is 0 Å². The largest absolute Gasteiger partial charge is 0.272 e. The summed E-state index contributed by atoms with van der Waals surface area (Å²) in [6, 6.07) is -0.0762. The third-order valence-corrected chi connectivity index (χ3v) is 4.09. The molecule has 0 N–H and O–H groups in total. The summed E-state index contributed by atoms with van der Waals surface area (Å²) in [5, 5.41) is 0.863. The van der Waals surface area contributed by atoms with Crippen molar-refractivity contribution in [1.29, 1.82) is 0 Å². The zero-order valence-corrected chi connectivity index (χ0v) is 13.3. The van der Waals surface area contributed by atoms with Crippen molar-refractivity contribution in [2.45, 2.75) is 57.9 Å². The second-order valence-corrected chi connectivity index (χ2v) is 5.71. The first-order valence-corrected chi connectivity index (χ1v) is 8.08. The normalized spacial score (nSPS) is 19.3. The molecule has 0 aromatic rings. The summed E-state index contributed by atoms with van der Waals surface area (Å²) in [5.41, 5.74) is 0. The molecule has 4 amide bonds. The van der Waals surface area contributed by atoms with Gasteiger partial charge in [0, 0.05) is 31.0 Å². The molecular formula is C16H22N2O5. The number of hydrogen-bond acceptors (Lipinski definition) is 5. The highest BCUT2D eigenvalue weighted by molar-refractivity contribution is 6.13. The lowest BCUT2D eigenvalue weighted by molar-refractivity contribution is -0.187. The minimum absolute atomic E-state index is 0.0762. The summed E-state index contributed by atoms with van der Waals surface area (Å²) in [7, 11) is 0. The van der Waals surface area contributed by atoms with Crippen LogP contribution in [0.5, 0.6) is 0 Å². The molecule has 1 saturated heterocycles. The van der Waals surface area contributed by atoms with Gasteiger partial charge in [0.1, 0.15) is 0 Å². The van der Waals surface area contributed by atoms with Gasteiger partial charge in [0.15, 0.2) is 0 Å². The number of amides is 4. The van der Waals surface area contributed by atoms with Gasteiger partial charge in [0.25, 0.3) is 23.6 Å². The number of hydrogen-bond donors (Lipinski definition) is 0. The Morgan fingerprint density at radius 1 is 1.00 bits per heavy atom. The van der Waals surface area contributed by atoms with Crippen LogP contribution in [0.15, 0.2) is 12.2 Å². The van der Waals surface area contributed by atoms with Crippen LogP contribution in [0.1, 0.15) is 51.9 Å². The van der Waals surface area contributed by atoms with Crippen molar-refractivity contribution in [3.8, 4) is 0 Å². The van der Waals surface area contributed by atoms with Gasteiger partial charge >= 0.3 is 0 Å². The predicted molar refractivity (Wildman–Crippen MR) is 80.6 cm³/mol. The fourth-order valence-corrected chi connectivity index (χ4v) is 2.80. The number of rotatable bonds is 9. The Morgan fingerprint density at radius 3 is 2.17 bits per heavy atom. The van der Waals surface area contributed by atoms with Gasteiger partial charge in [-0.25, -0.2) is 0 Å². The first-order valence-electron chi connectivity index (χ1n) is 8.08. The van der Waals surface area contributed by atoms with Crippen LogP contribution >= 0.6 is 0 Å². The Balaban J connectivity index is 1.63. The minimum atomic E-state index is -0.278. The van der Waals surface area contributed by atoms with Crippen molar-refractivity contribution in [2.24, 2.45) is 0 Å². The van der Waals surface area contributed by atoms with E-state index in [0.717, 1.165) is 30.7 Å². The molecular weight excluding hydrogens is 300 g/mol. The molecule has 0 spiro atoms. The molecule has 2 rings (SSSR count). The van der Waals surface area contributed by atoms with Gasteiger partial charge in [-0.05, 0) is 19.3 Å². The van der Waals surface area contributed by atoms with Gasteiger partial charge in [-0.3, -0.25) is 28.9 Å². The highest BCUT2D eigenvalue weighted by atomic mass is 16.7. The summed E-state index contributed by atoms with van der Waals surface area (Å²) in [6.07, 6.45) is 6.95. The van der Waals surface area contributed by atoms with E-state index in [9.17, 15) is 19.2 Å². The number of hydroxylamine groups is 2. The van der Waals surface area contributed by atoms with Gasteiger partial charge in [-0.15, -0.1) is 0 Å². The van der Waals surface area contributed by atoms with Gasteiger partial charge in [0.05, 0.1) is 6.61 Å². The average Bonchev–Trinajstić information content (AvgIpc) is 3.03. The molecule has 0 aromatic heterocycles. The number of imide groups is 2. The third-order valence-electron chi connectivity index (χ3n) is 4.09. The summed E-state index contributed by atoms with van der Waals surface area (Å²) in [4.78, 5) is 52.5. The smallest absolute Gasteiger partial charge is 0.253 e. The van der Waals surface area contributed by atoms with Crippen LogP contribution in [0.25, 0.3) is 0 Å². The quantitative estimate of drug-likeness (QED) is 0.472. The Morgan fingerprint density at radius 2 is 1.61 bits per heavy atom. The molecule has 0 aliphatic carbocycles. The van der Waals surface area contributed by atoms with Crippen LogP contribution in [-0.2, 0) is 24.0 Å². The number of carbonyl (C=O) groups is 4. The SMILES string of the molecule is CCC(CCCCCON1C(=O)CCC1=O)N1C(=O)C=CC1=O. The van der Waals surface area contributed by atoms with E-state index < -0.39 is 0 Å². The molecule has 0 radical (unpaired) electrons. The number of unbranched alkanes of at least 4 members (excludes halogenated alkanes) is 2. The Labute approximate surface area is 135 Å². The monoisotopic (exact) mass is 322 g/mol. The van der Waals surface area contributed by atoms with Crippen LogP contribution in [0.2, 0.25) is 0 Å². The maximum atomic E-state index is 11.7. The molecule has 2 aliphatic heterocycles. The molecule has 7 nitrogen and oxygen atoms in total. The van der Waals surface area contributed by atoms with Crippen molar-refractivity contribution >= 4 is 23.6 Å². The predicted octanol–water partition coefficient (Wildman–Crippen LogP) is 1.33. The van der Waals surface area contributed by atoms with Crippen LogP contribution < -0.4 is 0 Å².